The molecule has 1 aromatic heterocycles. The van der Waals surface area contributed by atoms with Crippen LogP contribution >= 0.6 is 11.3 Å². The molecule has 0 spiro atoms. The molecule has 0 aliphatic rings. The monoisotopic (exact) mass is 362 g/mol. The predicted molar refractivity (Wildman–Crippen MR) is 94.9 cm³/mol. The van der Waals surface area contributed by atoms with Crippen LogP contribution in [-0.4, -0.2) is 39.7 Å². The number of nitrogens with one attached hydrogen (secondary N) is 1. The third-order valence-corrected chi connectivity index (χ3v) is 4.40. The SMILES string of the molecule is CCN(CC(=O)Nc1nc(C)cs1)C(=O)c1ccc(C)c([N+](=O)[O-])c1. The number of nitrogens with zero attached hydrogens (tertiary/aromatic N) is 3. The molecule has 0 atom stereocenters. The average Bonchev–Trinajstić information content (AvgIpc) is 2.97. The first-order valence-electron chi connectivity index (χ1n) is 7.58. The molecule has 132 valence electrons. The standard InChI is InChI=1S/C16H18N4O4S/c1-4-19(8-14(21)18-16-17-11(3)9-25-16)15(22)12-6-5-10(2)13(7-12)20(23)24/h5-7,9H,4,8H2,1-3H3,(H,17,18,21). The summed E-state index contributed by atoms with van der Waals surface area (Å²) in [6.07, 6.45) is 0. The summed E-state index contributed by atoms with van der Waals surface area (Å²) in [5, 5.41) is 15.9. The van der Waals surface area contributed by atoms with Crippen LogP contribution in [-0.2, 0) is 4.79 Å². The second kappa shape index (κ2) is 7.84. The zero-order valence-electron chi connectivity index (χ0n) is 14.1. The van der Waals surface area contributed by atoms with E-state index in [0.717, 1.165) is 5.69 Å². The average molecular weight is 362 g/mol. The predicted octanol–water partition coefficient (Wildman–Crippen LogP) is 2.77. The van der Waals surface area contributed by atoms with Gasteiger partial charge in [-0.1, -0.05) is 6.07 Å². The molecule has 1 N–H and O–H groups in total. The van der Waals surface area contributed by atoms with Gasteiger partial charge in [0.1, 0.15) is 6.54 Å². The quantitative estimate of drug-likeness (QED) is 0.628. The first-order valence-corrected chi connectivity index (χ1v) is 8.46. The number of anilines is 1. The van der Waals surface area contributed by atoms with E-state index in [0.29, 0.717) is 17.2 Å². The van der Waals surface area contributed by atoms with Crippen molar-refractivity contribution in [3.63, 3.8) is 0 Å². The van der Waals surface area contributed by atoms with Crippen molar-refractivity contribution in [3.8, 4) is 0 Å². The molecule has 0 radical (unpaired) electrons. The largest absolute Gasteiger partial charge is 0.330 e. The van der Waals surface area contributed by atoms with Crippen molar-refractivity contribution >= 4 is 34.0 Å². The zero-order chi connectivity index (χ0) is 18.6. The normalized spacial score (nSPS) is 10.4. The molecule has 8 nitrogen and oxygen atoms in total. The summed E-state index contributed by atoms with van der Waals surface area (Å²) in [4.78, 5) is 40.6. The number of aromatic nitrogens is 1. The van der Waals surface area contributed by atoms with Crippen LogP contribution in [0.3, 0.4) is 0 Å². The van der Waals surface area contributed by atoms with Crippen molar-refractivity contribution in [1.29, 1.82) is 0 Å². The van der Waals surface area contributed by atoms with E-state index in [1.54, 1.807) is 13.8 Å². The van der Waals surface area contributed by atoms with Crippen LogP contribution in [0.15, 0.2) is 23.6 Å². The van der Waals surface area contributed by atoms with Gasteiger partial charge in [0.25, 0.3) is 11.6 Å². The van der Waals surface area contributed by atoms with Gasteiger partial charge >= 0.3 is 0 Å². The number of carbonyl (C=O) groups excluding carboxylic acids is 2. The Hall–Kier alpha value is -2.81. The molecule has 9 heteroatoms. The van der Waals surface area contributed by atoms with Gasteiger partial charge in [-0.3, -0.25) is 19.7 Å². The number of thiazole rings is 1. The molecule has 0 saturated carbocycles. The number of nitro benzene ring substituents is 1. The molecule has 0 fully saturated rings. The van der Waals surface area contributed by atoms with Crippen molar-refractivity contribution in [2.24, 2.45) is 0 Å². The second-order valence-corrected chi connectivity index (χ2v) is 6.28. The summed E-state index contributed by atoms with van der Waals surface area (Å²) < 4.78 is 0. The Kier molecular flexibility index (Phi) is 5.81. The van der Waals surface area contributed by atoms with Gasteiger partial charge < -0.3 is 10.2 Å². The number of carbonyl (C=O) groups is 2. The number of amides is 2. The molecule has 0 saturated heterocycles. The number of nitro groups is 1. The lowest BCUT2D eigenvalue weighted by Crippen LogP contribution is -2.37. The second-order valence-electron chi connectivity index (χ2n) is 5.42. The molecule has 1 heterocycles. The van der Waals surface area contributed by atoms with Crippen molar-refractivity contribution in [1.82, 2.24) is 9.88 Å². The summed E-state index contributed by atoms with van der Waals surface area (Å²) in [5.74, 6) is -0.803. The lowest BCUT2D eigenvalue weighted by Gasteiger charge is -2.20. The fourth-order valence-electron chi connectivity index (χ4n) is 2.19. The minimum Gasteiger partial charge on any atom is -0.330 e. The molecule has 2 rings (SSSR count). The molecule has 2 aromatic rings. The Balaban J connectivity index is 2.11. The lowest BCUT2D eigenvalue weighted by molar-refractivity contribution is -0.385. The lowest BCUT2D eigenvalue weighted by atomic mass is 10.1. The zero-order valence-corrected chi connectivity index (χ0v) is 14.9. The summed E-state index contributed by atoms with van der Waals surface area (Å²) in [7, 11) is 0. The highest BCUT2D eigenvalue weighted by atomic mass is 32.1. The number of rotatable bonds is 6. The van der Waals surface area contributed by atoms with E-state index in [-0.39, 0.29) is 23.7 Å². The van der Waals surface area contributed by atoms with Gasteiger partial charge in [-0.15, -0.1) is 11.3 Å². The van der Waals surface area contributed by atoms with Gasteiger partial charge in [0.2, 0.25) is 5.91 Å². The number of hydrogen-bond donors (Lipinski definition) is 1. The molecule has 0 aliphatic carbocycles. The fraction of sp³-hybridized carbons (Fsp3) is 0.312. The summed E-state index contributed by atoms with van der Waals surface area (Å²) in [6.45, 7) is 5.30. The maximum Gasteiger partial charge on any atom is 0.273 e. The minimum absolute atomic E-state index is 0.121. The van der Waals surface area contributed by atoms with Crippen LogP contribution in [0.25, 0.3) is 0 Å². The third kappa shape index (κ3) is 4.60. The van der Waals surface area contributed by atoms with E-state index in [1.807, 2.05) is 12.3 Å². The van der Waals surface area contributed by atoms with Crippen molar-refractivity contribution in [3.05, 3.63) is 50.5 Å². The summed E-state index contributed by atoms with van der Waals surface area (Å²) in [6, 6.07) is 4.29. The third-order valence-electron chi connectivity index (χ3n) is 3.52. The molecular formula is C16H18N4O4S. The topological polar surface area (TPSA) is 105 Å². The molecule has 25 heavy (non-hydrogen) atoms. The van der Waals surface area contributed by atoms with Crippen LogP contribution in [0.5, 0.6) is 0 Å². The smallest absolute Gasteiger partial charge is 0.273 e. The highest BCUT2D eigenvalue weighted by molar-refractivity contribution is 7.13. The Morgan fingerprint density at radius 1 is 1.36 bits per heavy atom. The number of benzene rings is 1. The van der Waals surface area contributed by atoms with E-state index in [2.05, 4.69) is 10.3 Å². The van der Waals surface area contributed by atoms with E-state index in [4.69, 9.17) is 0 Å². The Bertz CT molecular complexity index is 818. The first-order chi connectivity index (χ1) is 11.8. The van der Waals surface area contributed by atoms with Crippen molar-refractivity contribution in [2.45, 2.75) is 20.8 Å². The van der Waals surface area contributed by atoms with Crippen LogP contribution in [0.2, 0.25) is 0 Å². The van der Waals surface area contributed by atoms with Gasteiger partial charge in [-0.05, 0) is 26.8 Å². The van der Waals surface area contributed by atoms with Gasteiger partial charge in [0, 0.05) is 29.1 Å². The molecular weight excluding hydrogens is 344 g/mol. The van der Waals surface area contributed by atoms with E-state index >= 15 is 0 Å². The summed E-state index contributed by atoms with van der Waals surface area (Å²) in [5.41, 5.74) is 1.33. The molecule has 2 amide bonds. The number of likely N-dealkylation sites (N-methyl/N-ethyl adjacent to an activating group) is 1. The number of hydrogen-bond acceptors (Lipinski definition) is 6. The number of aryl methyl sites for hydroxylation is 2. The highest BCUT2D eigenvalue weighted by Crippen LogP contribution is 2.20. The van der Waals surface area contributed by atoms with Gasteiger partial charge in [0.05, 0.1) is 10.6 Å². The molecule has 0 bridgehead atoms. The molecule has 0 aliphatic heterocycles. The highest BCUT2D eigenvalue weighted by Gasteiger charge is 2.21. The van der Waals surface area contributed by atoms with Crippen LogP contribution in [0.4, 0.5) is 10.8 Å². The molecule has 0 unspecified atom stereocenters. The maximum atomic E-state index is 12.6. The van der Waals surface area contributed by atoms with Gasteiger partial charge in [0.15, 0.2) is 5.13 Å². The first kappa shape index (κ1) is 18.5. The van der Waals surface area contributed by atoms with E-state index in [1.165, 1.54) is 34.4 Å². The Morgan fingerprint density at radius 2 is 2.08 bits per heavy atom. The summed E-state index contributed by atoms with van der Waals surface area (Å²) >= 11 is 1.30. The Labute approximate surface area is 148 Å². The van der Waals surface area contributed by atoms with Crippen LogP contribution < -0.4 is 5.32 Å². The van der Waals surface area contributed by atoms with Gasteiger partial charge in [-0.25, -0.2) is 4.98 Å². The van der Waals surface area contributed by atoms with Gasteiger partial charge in [-0.2, -0.15) is 0 Å². The van der Waals surface area contributed by atoms with E-state index in [9.17, 15) is 19.7 Å². The molecule has 1 aromatic carbocycles. The van der Waals surface area contributed by atoms with E-state index < -0.39 is 10.8 Å². The fourth-order valence-corrected chi connectivity index (χ4v) is 2.90. The van der Waals surface area contributed by atoms with Crippen molar-refractivity contribution < 1.29 is 14.5 Å². The van der Waals surface area contributed by atoms with Crippen LogP contribution in [0.1, 0.15) is 28.5 Å². The van der Waals surface area contributed by atoms with Crippen LogP contribution in [0, 0.1) is 24.0 Å². The van der Waals surface area contributed by atoms with Crippen molar-refractivity contribution in [2.75, 3.05) is 18.4 Å². The minimum atomic E-state index is -0.528. The maximum absolute atomic E-state index is 12.6. The Morgan fingerprint density at radius 3 is 2.64 bits per heavy atom.